The minimum absolute atomic E-state index is 0.0913. The Bertz CT molecular complexity index is 508. The molecule has 0 saturated heterocycles. The number of carbonyl (C=O) groups excluding carboxylic acids is 1. The Labute approximate surface area is 124 Å². The van der Waals surface area contributed by atoms with Crippen LogP contribution in [0.15, 0.2) is 16.0 Å². The average molecular weight is 297 g/mol. The Morgan fingerprint density at radius 1 is 1.35 bits per heavy atom. The van der Waals surface area contributed by atoms with E-state index in [0.29, 0.717) is 16.6 Å². The molecule has 1 amide bonds. The third-order valence-electron chi connectivity index (χ3n) is 2.89. The first kappa shape index (κ1) is 16.8. The molecule has 0 aromatic carbocycles. The van der Waals surface area contributed by atoms with Gasteiger partial charge in [-0.05, 0) is 19.8 Å². The van der Waals surface area contributed by atoms with Crippen molar-refractivity contribution < 1.29 is 4.79 Å². The number of aryl methyl sites for hydroxylation is 1. The lowest BCUT2D eigenvalue weighted by Crippen LogP contribution is -2.34. The summed E-state index contributed by atoms with van der Waals surface area (Å²) in [4.78, 5) is 30.0. The quantitative estimate of drug-likeness (QED) is 0.569. The molecule has 20 heavy (non-hydrogen) atoms. The largest absolute Gasteiger partial charge is 0.342 e. The van der Waals surface area contributed by atoms with Crippen molar-refractivity contribution in [3.05, 3.63) is 22.1 Å². The van der Waals surface area contributed by atoms with Crippen LogP contribution in [0, 0.1) is 6.92 Å². The van der Waals surface area contributed by atoms with Gasteiger partial charge in [0.05, 0.1) is 5.75 Å². The Kier molecular flexibility index (Phi) is 6.78. The lowest BCUT2D eigenvalue weighted by Gasteiger charge is -2.21. The van der Waals surface area contributed by atoms with Crippen molar-refractivity contribution in [2.75, 3.05) is 18.8 Å². The Balaban J connectivity index is 2.71. The molecule has 0 unspecified atom stereocenters. The van der Waals surface area contributed by atoms with E-state index < -0.39 is 0 Å². The Morgan fingerprint density at radius 3 is 2.50 bits per heavy atom. The van der Waals surface area contributed by atoms with Gasteiger partial charge in [0, 0.05) is 31.9 Å². The fourth-order valence-corrected chi connectivity index (χ4v) is 2.80. The summed E-state index contributed by atoms with van der Waals surface area (Å²) in [6.07, 6.45) is 1.91. The first-order valence-electron chi connectivity index (χ1n) is 6.94. The molecule has 0 N–H and O–H groups in total. The number of nitrogens with zero attached hydrogens (tertiary/aromatic N) is 3. The number of rotatable bonds is 7. The van der Waals surface area contributed by atoms with Gasteiger partial charge in [0.15, 0.2) is 5.16 Å². The van der Waals surface area contributed by atoms with Crippen LogP contribution in [0.25, 0.3) is 0 Å². The number of thioether (sulfide) groups is 1. The normalized spacial score (nSPS) is 10.6. The summed E-state index contributed by atoms with van der Waals surface area (Å²) in [5.41, 5.74) is 0.591. The van der Waals surface area contributed by atoms with Gasteiger partial charge in [-0.2, -0.15) is 0 Å². The molecule has 112 valence electrons. The van der Waals surface area contributed by atoms with E-state index in [1.165, 1.54) is 22.4 Å². The molecule has 0 spiro atoms. The van der Waals surface area contributed by atoms with Gasteiger partial charge in [0.1, 0.15) is 0 Å². The Morgan fingerprint density at radius 2 is 1.95 bits per heavy atom. The maximum Gasteiger partial charge on any atom is 0.254 e. The Hall–Kier alpha value is -1.30. The molecule has 0 atom stereocenters. The highest BCUT2D eigenvalue weighted by Gasteiger charge is 2.13. The molecule has 0 radical (unpaired) electrons. The minimum atomic E-state index is -0.0913. The zero-order valence-electron chi connectivity index (χ0n) is 12.7. The van der Waals surface area contributed by atoms with Crippen LogP contribution in [-0.4, -0.2) is 39.2 Å². The van der Waals surface area contributed by atoms with Crippen LogP contribution < -0.4 is 5.56 Å². The standard InChI is InChI=1S/C14H23N3O2S/c1-5-7-17(8-6-2)13(19)10-20-14-15-11(3)9-12(18)16(14)4/h9H,5-8,10H2,1-4H3. The predicted octanol–water partition coefficient (Wildman–Crippen LogP) is 1.83. The van der Waals surface area contributed by atoms with Gasteiger partial charge in [0.25, 0.3) is 5.56 Å². The van der Waals surface area contributed by atoms with Crippen LogP contribution in [-0.2, 0) is 11.8 Å². The zero-order valence-corrected chi connectivity index (χ0v) is 13.5. The highest BCUT2D eigenvalue weighted by Crippen LogP contribution is 2.14. The van der Waals surface area contributed by atoms with Gasteiger partial charge < -0.3 is 4.90 Å². The third kappa shape index (κ3) is 4.67. The summed E-state index contributed by atoms with van der Waals surface area (Å²) in [6.45, 7) is 7.48. The van der Waals surface area contributed by atoms with Crippen molar-refractivity contribution >= 4 is 17.7 Å². The molecule has 1 rings (SSSR count). The van der Waals surface area contributed by atoms with E-state index in [0.717, 1.165) is 25.9 Å². The van der Waals surface area contributed by atoms with Gasteiger partial charge in [-0.3, -0.25) is 14.2 Å². The molecular formula is C14H23N3O2S. The van der Waals surface area contributed by atoms with Crippen LogP contribution in [0.4, 0.5) is 0 Å². The van der Waals surface area contributed by atoms with E-state index in [1.54, 1.807) is 14.0 Å². The van der Waals surface area contributed by atoms with Crippen molar-refractivity contribution in [3.63, 3.8) is 0 Å². The third-order valence-corrected chi connectivity index (χ3v) is 3.90. The number of carbonyl (C=O) groups is 1. The molecule has 0 saturated carbocycles. The maximum atomic E-state index is 12.2. The monoisotopic (exact) mass is 297 g/mol. The van der Waals surface area contributed by atoms with E-state index in [9.17, 15) is 9.59 Å². The van der Waals surface area contributed by atoms with E-state index >= 15 is 0 Å². The summed E-state index contributed by atoms with van der Waals surface area (Å²) in [6, 6.07) is 1.49. The second-order valence-electron chi connectivity index (χ2n) is 4.75. The van der Waals surface area contributed by atoms with Crippen LogP contribution >= 0.6 is 11.8 Å². The lowest BCUT2D eigenvalue weighted by atomic mass is 10.3. The van der Waals surface area contributed by atoms with E-state index in [2.05, 4.69) is 18.8 Å². The van der Waals surface area contributed by atoms with Crippen molar-refractivity contribution in [1.82, 2.24) is 14.5 Å². The SMILES string of the molecule is CCCN(CCC)C(=O)CSc1nc(C)cc(=O)n1C. The maximum absolute atomic E-state index is 12.2. The number of hydrogen-bond acceptors (Lipinski definition) is 4. The molecule has 6 heteroatoms. The van der Waals surface area contributed by atoms with Gasteiger partial charge in [0.2, 0.25) is 5.91 Å². The summed E-state index contributed by atoms with van der Waals surface area (Å²) < 4.78 is 1.48. The van der Waals surface area contributed by atoms with Crippen LogP contribution in [0.5, 0.6) is 0 Å². The zero-order chi connectivity index (χ0) is 15.1. The predicted molar refractivity (Wildman–Crippen MR) is 82.1 cm³/mol. The second-order valence-corrected chi connectivity index (χ2v) is 5.69. The molecule has 1 heterocycles. The smallest absolute Gasteiger partial charge is 0.254 e. The summed E-state index contributed by atoms with van der Waals surface area (Å²) >= 11 is 1.32. The molecule has 1 aromatic heterocycles. The van der Waals surface area contributed by atoms with Gasteiger partial charge in [-0.15, -0.1) is 0 Å². The molecular weight excluding hydrogens is 274 g/mol. The number of hydrogen-bond donors (Lipinski definition) is 0. The first-order valence-corrected chi connectivity index (χ1v) is 7.93. The van der Waals surface area contributed by atoms with Crippen molar-refractivity contribution in [2.24, 2.45) is 7.05 Å². The van der Waals surface area contributed by atoms with Crippen LogP contribution in [0.1, 0.15) is 32.4 Å². The molecule has 0 bridgehead atoms. The molecule has 5 nitrogen and oxygen atoms in total. The van der Waals surface area contributed by atoms with Crippen molar-refractivity contribution in [2.45, 2.75) is 38.8 Å². The summed E-state index contributed by atoms with van der Waals surface area (Å²) in [7, 11) is 1.68. The minimum Gasteiger partial charge on any atom is -0.342 e. The van der Waals surface area contributed by atoms with E-state index in [-0.39, 0.29) is 11.5 Å². The second kappa shape index (κ2) is 8.09. The number of aromatic nitrogens is 2. The van der Waals surface area contributed by atoms with Gasteiger partial charge in [-0.1, -0.05) is 25.6 Å². The molecule has 0 aliphatic carbocycles. The van der Waals surface area contributed by atoms with E-state index in [1.807, 2.05) is 4.90 Å². The van der Waals surface area contributed by atoms with Crippen LogP contribution in [0.3, 0.4) is 0 Å². The molecule has 0 fully saturated rings. The highest BCUT2D eigenvalue weighted by molar-refractivity contribution is 7.99. The van der Waals surface area contributed by atoms with Gasteiger partial charge in [-0.25, -0.2) is 4.98 Å². The van der Waals surface area contributed by atoms with Crippen LogP contribution in [0.2, 0.25) is 0 Å². The average Bonchev–Trinajstić information content (AvgIpc) is 2.40. The van der Waals surface area contributed by atoms with Gasteiger partial charge >= 0.3 is 0 Å². The summed E-state index contributed by atoms with van der Waals surface area (Å²) in [5.74, 6) is 0.429. The topological polar surface area (TPSA) is 55.2 Å². The first-order chi connectivity index (χ1) is 9.49. The van der Waals surface area contributed by atoms with E-state index in [4.69, 9.17) is 0 Å². The van der Waals surface area contributed by atoms with Crippen molar-refractivity contribution in [3.8, 4) is 0 Å². The fraction of sp³-hybridized carbons (Fsp3) is 0.643. The highest BCUT2D eigenvalue weighted by atomic mass is 32.2. The van der Waals surface area contributed by atoms with Crippen molar-refractivity contribution in [1.29, 1.82) is 0 Å². The molecule has 0 aliphatic rings. The lowest BCUT2D eigenvalue weighted by molar-refractivity contribution is -0.128. The molecule has 1 aromatic rings. The fourth-order valence-electron chi connectivity index (χ4n) is 1.88. The number of amides is 1. The summed E-state index contributed by atoms with van der Waals surface area (Å²) in [5, 5.41) is 0.594. The molecule has 0 aliphatic heterocycles.